The third-order valence-electron chi connectivity index (χ3n) is 5.33. The number of thioether (sulfide) groups is 1. The average Bonchev–Trinajstić information content (AvgIpc) is 3.11. The van der Waals surface area contributed by atoms with Crippen molar-refractivity contribution in [3.05, 3.63) is 90.0 Å². The Morgan fingerprint density at radius 1 is 0.935 bits per heavy atom. The first-order valence-electron chi connectivity index (χ1n) is 10.0. The van der Waals surface area contributed by atoms with Crippen molar-refractivity contribution in [3.63, 3.8) is 0 Å². The topological polar surface area (TPSA) is 66.5 Å². The van der Waals surface area contributed by atoms with Gasteiger partial charge in [0.15, 0.2) is 0 Å². The summed E-state index contributed by atoms with van der Waals surface area (Å²) in [7, 11) is 1.76. The molecular formula is C25H22N2O3S. The first-order chi connectivity index (χ1) is 15.0. The van der Waals surface area contributed by atoms with Crippen molar-refractivity contribution in [2.45, 2.75) is 18.1 Å². The van der Waals surface area contributed by atoms with E-state index in [-0.39, 0.29) is 23.5 Å². The number of nitrogens with one attached hydrogen (secondary N) is 1. The van der Waals surface area contributed by atoms with Crippen molar-refractivity contribution in [2.24, 2.45) is 0 Å². The van der Waals surface area contributed by atoms with Crippen LogP contribution in [0.4, 0.5) is 10.5 Å². The second kappa shape index (κ2) is 9.18. The molecule has 0 radical (unpaired) electrons. The van der Waals surface area contributed by atoms with E-state index in [0.717, 1.165) is 39.7 Å². The van der Waals surface area contributed by atoms with E-state index in [2.05, 4.69) is 5.32 Å². The quantitative estimate of drug-likeness (QED) is 0.627. The number of carbonyl (C=O) groups excluding carboxylic acids is 3. The van der Waals surface area contributed by atoms with Crippen LogP contribution >= 0.6 is 11.8 Å². The summed E-state index contributed by atoms with van der Waals surface area (Å²) in [6, 6.07) is 25.3. The van der Waals surface area contributed by atoms with E-state index < -0.39 is 5.25 Å². The van der Waals surface area contributed by atoms with Crippen LogP contribution in [-0.2, 0) is 22.4 Å². The van der Waals surface area contributed by atoms with E-state index in [1.807, 2.05) is 78.9 Å². The van der Waals surface area contributed by atoms with E-state index in [9.17, 15) is 14.4 Å². The molecule has 3 aromatic carbocycles. The van der Waals surface area contributed by atoms with Gasteiger partial charge in [0.1, 0.15) is 0 Å². The van der Waals surface area contributed by atoms with Crippen LogP contribution in [-0.4, -0.2) is 29.4 Å². The molecule has 31 heavy (non-hydrogen) atoms. The van der Waals surface area contributed by atoms with Gasteiger partial charge in [-0.1, -0.05) is 84.6 Å². The zero-order valence-electron chi connectivity index (χ0n) is 17.1. The SMILES string of the molecule is CN(C(=O)Cc1ccccc1)c1cccc(-c2ccccc2)c1CC1SC(=O)NC1=O. The zero-order valence-corrected chi connectivity index (χ0v) is 17.9. The van der Waals surface area contributed by atoms with E-state index in [1.165, 1.54) is 0 Å². The first-order valence-corrected chi connectivity index (χ1v) is 10.9. The van der Waals surface area contributed by atoms with Crippen molar-refractivity contribution >= 4 is 34.5 Å². The molecule has 1 N–H and O–H groups in total. The molecule has 0 aliphatic carbocycles. The maximum Gasteiger partial charge on any atom is 0.286 e. The van der Waals surface area contributed by atoms with Crippen molar-refractivity contribution in [1.82, 2.24) is 5.32 Å². The van der Waals surface area contributed by atoms with Crippen molar-refractivity contribution in [2.75, 3.05) is 11.9 Å². The number of rotatable bonds is 6. The molecule has 1 aliphatic rings. The fourth-order valence-corrected chi connectivity index (χ4v) is 4.56. The summed E-state index contributed by atoms with van der Waals surface area (Å²) in [6.07, 6.45) is 0.634. The van der Waals surface area contributed by atoms with Crippen molar-refractivity contribution < 1.29 is 14.4 Å². The summed E-state index contributed by atoms with van der Waals surface area (Å²) in [4.78, 5) is 38.7. The molecule has 3 aromatic rings. The molecule has 1 fully saturated rings. The average molecular weight is 431 g/mol. The number of nitrogens with zero attached hydrogens (tertiary/aromatic N) is 1. The number of likely N-dealkylation sites (N-methyl/N-ethyl adjacent to an activating group) is 1. The molecule has 156 valence electrons. The van der Waals surface area contributed by atoms with E-state index in [0.29, 0.717) is 6.42 Å². The van der Waals surface area contributed by atoms with Crippen LogP contribution in [0.5, 0.6) is 0 Å². The van der Waals surface area contributed by atoms with Crippen LogP contribution in [0, 0.1) is 0 Å². The summed E-state index contributed by atoms with van der Waals surface area (Å²) < 4.78 is 0. The second-order valence-corrected chi connectivity index (χ2v) is 8.55. The third kappa shape index (κ3) is 4.70. The largest absolute Gasteiger partial charge is 0.315 e. The molecule has 0 aromatic heterocycles. The van der Waals surface area contributed by atoms with E-state index in [1.54, 1.807) is 11.9 Å². The predicted octanol–water partition coefficient (Wildman–Crippen LogP) is 4.45. The van der Waals surface area contributed by atoms with Crippen LogP contribution in [0.2, 0.25) is 0 Å². The lowest BCUT2D eigenvalue weighted by Gasteiger charge is -2.24. The van der Waals surface area contributed by atoms with Gasteiger partial charge >= 0.3 is 0 Å². The maximum atomic E-state index is 13.1. The Bertz CT molecular complexity index is 1120. The molecule has 1 saturated heterocycles. The minimum absolute atomic E-state index is 0.0442. The summed E-state index contributed by atoms with van der Waals surface area (Å²) in [5, 5.41) is 1.50. The molecule has 1 aliphatic heterocycles. The molecule has 5 nitrogen and oxygen atoms in total. The molecule has 0 bridgehead atoms. The first kappa shape index (κ1) is 20.9. The highest BCUT2D eigenvalue weighted by Crippen LogP contribution is 2.35. The number of carbonyl (C=O) groups is 3. The fourth-order valence-electron chi connectivity index (χ4n) is 3.73. The number of imide groups is 1. The number of hydrogen-bond donors (Lipinski definition) is 1. The van der Waals surface area contributed by atoms with Crippen LogP contribution in [0.3, 0.4) is 0 Å². The highest BCUT2D eigenvalue weighted by atomic mass is 32.2. The van der Waals surface area contributed by atoms with Gasteiger partial charge in [-0.15, -0.1) is 0 Å². The van der Waals surface area contributed by atoms with Gasteiger partial charge in [0, 0.05) is 12.7 Å². The summed E-state index contributed by atoms with van der Waals surface area (Å²) in [6.45, 7) is 0. The molecule has 1 unspecified atom stereocenters. The third-order valence-corrected chi connectivity index (χ3v) is 6.31. The van der Waals surface area contributed by atoms with Gasteiger partial charge < -0.3 is 4.90 Å². The Morgan fingerprint density at radius 2 is 1.61 bits per heavy atom. The lowest BCUT2D eigenvalue weighted by molar-refractivity contribution is -0.119. The van der Waals surface area contributed by atoms with Crippen molar-refractivity contribution in [3.8, 4) is 11.1 Å². The Labute approximate surface area is 185 Å². The standard InChI is InChI=1S/C25H22N2O3S/c1-27(23(28)15-17-9-4-2-5-10-17)21-14-8-13-19(18-11-6-3-7-12-18)20(21)16-22-24(29)26-25(30)31-22/h2-14,22H,15-16H2,1H3,(H,26,29,30). The zero-order chi connectivity index (χ0) is 21.8. The fraction of sp³-hybridized carbons (Fsp3) is 0.160. The highest BCUT2D eigenvalue weighted by Gasteiger charge is 2.33. The van der Waals surface area contributed by atoms with Gasteiger partial charge in [-0.3, -0.25) is 19.7 Å². The molecule has 1 heterocycles. The molecule has 4 rings (SSSR count). The van der Waals surface area contributed by atoms with Gasteiger partial charge in [0.25, 0.3) is 5.24 Å². The molecular weight excluding hydrogens is 408 g/mol. The molecule has 1 atom stereocenters. The van der Waals surface area contributed by atoms with Gasteiger partial charge in [0.2, 0.25) is 11.8 Å². The minimum Gasteiger partial charge on any atom is -0.315 e. The summed E-state index contributed by atoms with van der Waals surface area (Å²) >= 11 is 1.00. The summed E-state index contributed by atoms with van der Waals surface area (Å²) in [5.74, 6) is -0.334. The van der Waals surface area contributed by atoms with Crippen LogP contribution in [0.15, 0.2) is 78.9 Å². The van der Waals surface area contributed by atoms with E-state index in [4.69, 9.17) is 0 Å². The Morgan fingerprint density at radius 3 is 2.26 bits per heavy atom. The lowest BCUT2D eigenvalue weighted by atomic mass is 9.94. The van der Waals surface area contributed by atoms with Crippen LogP contribution in [0.25, 0.3) is 11.1 Å². The predicted molar refractivity (Wildman–Crippen MR) is 124 cm³/mol. The molecule has 0 spiro atoms. The van der Waals surface area contributed by atoms with Crippen LogP contribution < -0.4 is 10.2 Å². The van der Waals surface area contributed by atoms with Crippen LogP contribution in [0.1, 0.15) is 11.1 Å². The maximum absolute atomic E-state index is 13.1. The molecule has 3 amide bonds. The molecule has 6 heteroatoms. The smallest absolute Gasteiger partial charge is 0.286 e. The van der Waals surface area contributed by atoms with Crippen molar-refractivity contribution in [1.29, 1.82) is 0 Å². The number of hydrogen-bond acceptors (Lipinski definition) is 4. The Balaban J connectivity index is 1.71. The summed E-state index contributed by atoms with van der Waals surface area (Å²) in [5.41, 5.74) is 4.51. The van der Waals surface area contributed by atoms with Gasteiger partial charge in [-0.2, -0.15) is 0 Å². The number of amides is 3. The normalized spacial score (nSPS) is 15.6. The van der Waals surface area contributed by atoms with E-state index >= 15 is 0 Å². The molecule has 0 saturated carbocycles. The minimum atomic E-state index is -0.520. The Hall–Kier alpha value is -3.38. The lowest BCUT2D eigenvalue weighted by Crippen LogP contribution is -2.30. The second-order valence-electron chi connectivity index (χ2n) is 7.37. The highest BCUT2D eigenvalue weighted by molar-refractivity contribution is 8.15. The van der Waals surface area contributed by atoms with Gasteiger partial charge in [-0.05, 0) is 34.7 Å². The van der Waals surface area contributed by atoms with Gasteiger partial charge in [-0.25, -0.2) is 0 Å². The Kier molecular flexibility index (Phi) is 6.18. The number of anilines is 1. The van der Waals surface area contributed by atoms with Gasteiger partial charge in [0.05, 0.1) is 11.7 Å². The number of benzene rings is 3. The monoisotopic (exact) mass is 430 g/mol.